The maximum Gasteiger partial charge on any atom is 0.222 e. The monoisotopic (exact) mass is 357 g/mol. The number of amides is 1. The molecule has 0 bridgehead atoms. The van der Waals surface area contributed by atoms with Crippen molar-refractivity contribution in [1.82, 2.24) is 14.9 Å². The molecular weight excluding hydrogens is 330 g/mol. The second-order valence-electron chi connectivity index (χ2n) is 7.95. The van der Waals surface area contributed by atoms with E-state index in [4.69, 9.17) is 0 Å². The molecule has 0 radical (unpaired) electrons. The lowest BCUT2D eigenvalue weighted by atomic mass is 9.71. The summed E-state index contributed by atoms with van der Waals surface area (Å²) in [5.74, 6) is 1.07. The van der Waals surface area contributed by atoms with Crippen molar-refractivity contribution in [3.05, 3.63) is 18.1 Å². The first-order chi connectivity index (χ1) is 12.4. The number of piperidine rings is 2. The van der Waals surface area contributed by atoms with Gasteiger partial charge in [0.05, 0.1) is 6.10 Å². The van der Waals surface area contributed by atoms with E-state index >= 15 is 0 Å². The summed E-state index contributed by atoms with van der Waals surface area (Å²) in [6.07, 6.45) is 5.57. The number of carbonyl (C=O) groups is 1. The smallest absolute Gasteiger partial charge is 0.222 e. The number of aliphatic hydroxyl groups is 1. The summed E-state index contributed by atoms with van der Waals surface area (Å²) in [6, 6.07) is 2.10. The number of nitriles is 1. The highest BCUT2D eigenvalue weighted by Crippen LogP contribution is 2.40. The molecule has 26 heavy (non-hydrogen) atoms. The first kappa shape index (κ1) is 18.6. The normalized spacial score (nSPS) is 26.2. The Morgan fingerprint density at radius 1 is 1.38 bits per heavy atom. The third-order valence-corrected chi connectivity index (χ3v) is 5.51. The van der Waals surface area contributed by atoms with Gasteiger partial charge in [-0.3, -0.25) is 4.79 Å². The van der Waals surface area contributed by atoms with Crippen LogP contribution in [0.4, 0.5) is 5.82 Å². The number of hydrogen-bond donors (Lipinski definition) is 1. The van der Waals surface area contributed by atoms with Crippen molar-refractivity contribution < 1.29 is 9.90 Å². The van der Waals surface area contributed by atoms with Crippen LogP contribution in [0.3, 0.4) is 0 Å². The minimum Gasteiger partial charge on any atom is -0.392 e. The highest BCUT2D eigenvalue weighted by molar-refractivity contribution is 5.76. The number of nitrogens with zero attached hydrogens (tertiary/aromatic N) is 5. The molecule has 140 valence electrons. The van der Waals surface area contributed by atoms with Crippen LogP contribution in [0.5, 0.6) is 0 Å². The van der Waals surface area contributed by atoms with Crippen molar-refractivity contribution in [2.45, 2.75) is 45.6 Å². The Labute approximate surface area is 154 Å². The van der Waals surface area contributed by atoms with Gasteiger partial charge in [0.15, 0.2) is 11.5 Å². The summed E-state index contributed by atoms with van der Waals surface area (Å²) in [5, 5.41) is 20.1. The molecule has 1 spiro atoms. The zero-order valence-electron chi connectivity index (χ0n) is 15.6. The van der Waals surface area contributed by atoms with Crippen LogP contribution in [-0.4, -0.2) is 58.2 Å². The lowest BCUT2D eigenvalue weighted by Crippen LogP contribution is -2.60. The predicted molar refractivity (Wildman–Crippen MR) is 97.3 cm³/mol. The molecule has 3 heterocycles. The van der Waals surface area contributed by atoms with E-state index in [1.807, 2.05) is 18.7 Å². The van der Waals surface area contributed by atoms with Crippen LogP contribution in [0, 0.1) is 22.7 Å². The molecule has 2 atom stereocenters. The van der Waals surface area contributed by atoms with E-state index in [1.165, 1.54) is 6.20 Å². The molecule has 2 aliphatic rings. The van der Waals surface area contributed by atoms with E-state index in [0.717, 1.165) is 19.4 Å². The molecule has 0 unspecified atom stereocenters. The van der Waals surface area contributed by atoms with E-state index in [-0.39, 0.29) is 11.3 Å². The van der Waals surface area contributed by atoms with Gasteiger partial charge in [0.25, 0.3) is 0 Å². The molecule has 2 fully saturated rings. The molecule has 1 aromatic rings. The number of rotatable bonds is 3. The van der Waals surface area contributed by atoms with Gasteiger partial charge in [-0.05, 0) is 25.2 Å². The highest BCUT2D eigenvalue weighted by atomic mass is 16.3. The van der Waals surface area contributed by atoms with E-state index in [1.54, 1.807) is 6.20 Å². The Bertz CT molecular complexity index is 701. The lowest BCUT2D eigenvalue weighted by Gasteiger charge is -2.51. The quantitative estimate of drug-likeness (QED) is 0.883. The molecule has 0 aromatic carbocycles. The summed E-state index contributed by atoms with van der Waals surface area (Å²) >= 11 is 0. The molecule has 1 aromatic heterocycles. The van der Waals surface area contributed by atoms with Crippen molar-refractivity contribution in [3.63, 3.8) is 0 Å². The van der Waals surface area contributed by atoms with Gasteiger partial charge < -0.3 is 14.9 Å². The zero-order valence-corrected chi connectivity index (χ0v) is 15.6. The molecule has 2 saturated heterocycles. The highest BCUT2D eigenvalue weighted by Gasteiger charge is 2.47. The van der Waals surface area contributed by atoms with Crippen molar-refractivity contribution in [3.8, 4) is 6.07 Å². The molecule has 0 aliphatic carbocycles. The Balaban J connectivity index is 1.81. The van der Waals surface area contributed by atoms with Gasteiger partial charge in [-0.2, -0.15) is 5.26 Å². The van der Waals surface area contributed by atoms with E-state index in [9.17, 15) is 15.2 Å². The second kappa shape index (κ2) is 7.58. The van der Waals surface area contributed by atoms with E-state index < -0.39 is 6.10 Å². The molecule has 7 heteroatoms. The molecule has 1 N–H and O–H groups in total. The van der Waals surface area contributed by atoms with E-state index in [0.29, 0.717) is 49.9 Å². The van der Waals surface area contributed by atoms with Crippen molar-refractivity contribution >= 4 is 11.7 Å². The zero-order chi connectivity index (χ0) is 18.7. The number of aliphatic hydroxyl groups excluding tert-OH is 1. The fourth-order valence-corrected chi connectivity index (χ4v) is 4.22. The van der Waals surface area contributed by atoms with E-state index in [2.05, 4.69) is 20.9 Å². The molecular formula is C19H27N5O2. The maximum atomic E-state index is 12.6. The Hall–Kier alpha value is -2.20. The van der Waals surface area contributed by atoms with Gasteiger partial charge in [0.2, 0.25) is 5.91 Å². The van der Waals surface area contributed by atoms with Crippen LogP contribution in [0.2, 0.25) is 0 Å². The SMILES string of the molecule is CC(C)CC(=O)N1CCC[C@]2(C1)CN(c1nccnc1C#N)CC[C@H]2O. The lowest BCUT2D eigenvalue weighted by molar-refractivity contribution is -0.138. The number of anilines is 1. The summed E-state index contributed by atoms with van der Waals surface area (Å²) in [7, 11) is 0. The van der Waals surface area contributed by atoms with Crippen LogP contribution in [0.25, 0.3) is 0 Å². The van der Waals surface area contributed by atoms with Gasteiger partial charge in [-0.25, -0.2) is 9.97 Å². The summed E-state index contributed by atoms with van der Waals surface area (Å²) in [5.41, 5.74) is -0.0597. The first-order valence-corrected chi connectivity index (χ1v) is 9.37. The van der Waals surface area contributed by atoms with Crippen LogP contribution in [-0.2, 0) is 4.79 Å². The minimum atomic E-state index is -0.449. The number of hydrogen-bond acceptors (Lipinski definition) is 6. The van der Waals surface area contributed by atoms with Gasteiger partial charge in [0.1, 0.15) is 6.07 Å². The third-order valence-electron chi connectivity index (χ3n) is 5.51. The van der Waals surface area contributed by atoms with Gasteiger partial charge >= 0.3 is 0 Å². The van der Waals surface area contributed by atoms with Crippen LogP contribution >= 0.6 is 0 Å². The fourth-order valence-electron chi connectivity index (χ4n) is 4.22. The van der Waals surface area contributed by atoms with Crippen LogP contribution in [0.15, 0.2) is 12.4 Å². The molecule has 0 saturated carbocycles. The Kier molecular flexibility index (Phi) is 5.42. The average molecular weight is 357 g/mol. The van der Waals surface area contributed by atoms with Gasteiger partial charge in [-0.1, -0.05) is 13.8 Å². The van der Waals surface area contributed by atoms with Gasteiger partial charge in [0, 0.05) is 50.4 Å². The Morgan fingerprint density at radius 3 is 2.88 bits per heavy atom. The Morgan fingerprint density at radius 2 is 2.15 bits per heavy atom. The minimum absolute atomic E-state index is 0.167. The molecule has 7 nitrogen and oxygen atoms in total. The predicted octanol–water partition coefficient (Wildman–Crippen LogP) is 1.57. The number of carbonyl (C=O) groups excluding carboxylic acids is 1. The molecule has 3 rings (SSSR count). The maximum absolute atomic E-state index is 12.6. The molecule has 1 amide bonds. The standard InChI is InChI=1S/C19H27N5O2/c1-14(2)10-17(26)23-8-3-5-19(12-23)13-24(9-4-16(19)25)18-15(11-20)21-6-7-22-18/h6-7,14,16,25H,3-5,8-10,12-13H2,1-2H3/t16-,19+/m1/s1. The summed E-state index contributed by atoms with van der Waals surface area (Å²) in [6.45, 7) is 6.65. The van der Waals surface area contributed by atoms with Gasteiger partial charge in [-0.15, -0.1) is 0 Å². The number of aromatic nitrogens is 2. The number of likely N-dealkylation sites (tertiary alicyclic amines) is 1. The van der Waals surface area contributed by atoms with Crippen molar-refractivity contribution in [1.29, 1.82) is 5.26 Å². The second-order valence-corrected chi connectivity index (χ2v) is 7.95. The summed E-state index contributed by atoms with van der Waals surface area (Å²) < 4.78 is 0. The van der Waals surface area contributed by atoms with Crippen LogP contribution in [0.1, 0.15) is 45.2 Å². The topological polar surface area (TPSA) is 93.4 Å². The largest absolute Gasteiger partial charge is 0.392 e. The van der Waals surface area contributed by atoms with Crippen molar-refractivity contribution in [2.75, 3.05) is 31.1 Å². The summed E-state index contributed by atoms with van der Waals surface area (Å²) in [4.78, 5) is 25.0. The molecule has 2 aliphatic heterocycles. The van der Waals surface area contributed by atoms with Crippen LogP contribution < -0.4 is 4.90 Å². The third kappa shape index (κ3) is 3.65. The average Bonchev–Trinajstić information content (AvgIpc) is 2.64. The fraction of sp³-hybridized carbons (Fsp3) is 0.684. The first-order valence-electron chi connectivity index (χ1n) is 9.37. The van der Waals surface area contributed by atoms with Crippen molar-refractivity contribution in [2.24, 2.45) is 11.3 Å².